The summed E-state index contributed by atoms with van der Waals surface area (Å²) in [6.45, 7) is 20.0. The van der Waals surface area contributed by atoms with Gasteiger partial charge in [-0.05, 0) is 49.7 Å². The maximum atomic E-state index is 12.8. The Morgan fingerprint density at radius 2 is 1.19 bits per heavy atom. The highest BCUT2D eigenvalue weighted by Crippen LogP contribution is 2.32. The summed E-state index contributed by atoms with van der Waals surface area (Å²) in [4.78, 5) is 24.5. The van der Waals surface area contributed by atoms with Crippen LogP contribution in [0, 0.1) is 17.8 Å². The minimum Gasteiger partial charge on any atom is -0.516 e. The van der Waals surface area contributed by atoms with Gasteiger partial charge in [-0.3, -0.25) is 0 Å². The number of rotatable bonds is 13. The number of hydrogen-bond donors (Lipinski definition) is 0. The van der Waals surface area contributed by atoms with Crippen molar-refractivity contribution in [3.8, 4) is 0 Å². The number of carbonyl (C=O) groups is 2. The molecule has 1 atom stereocenters. The smallest absolute Gasteiger partial charge is 0.333 e. The molecule has 158 valence electrons. The molecule has 0 amide bonds. The molecule has 0 heterocycles. The quantitative estimate of drug-likeness (QED) is 0.213. The second-order valence-electron chi connectivity index (χ2n) is 9.23. The lowest BCUT2D eigenvalue weighted by Crippen LogP contribution is -2.44. The Labute approximate surface area is 168 Å². The first-order valence-corrected chi connectivity index (χ1v) is 13.0. The van der Waals surface area contributed by atoms with Crippen molar-refractivity contribution in [3.05, 3.63) is 12.2 Å². The van der Waals surface area contributed by atoms with Crippen LogP contribution in [0.1, 0.15) is 74.7 Å². The van der Waals surface area contributed by atoms with Crippen molar-refractivity contribution >= 4 is 20.3 Å². The second kappa shape index (κ2) is 12.4. The van der Waals surface area contributed by atoms with Crippen molar-refractivity contribution in [2.75, 3.05) is 0 Å². The summed E-state index contributed by atoms with van der Waals surface area (Å²) in [7, 11) is -2.25. The zero-order valence-electron chi connectivity index (χ0n) is 18.9. The van der Waals surface area contributed by atoms with Gasteiger partial charge in [-0.15, -0.1) is 0 Å². The van der Waals surface area contributed by atoms with Crippen LogP contribution in [0.25, 0.3) is 0 Å². The first-order chi connectivity index (χ1) is 12.4. The van der Waals surface area contributed by atoms with Crippen molar-refractivity contribution < 1.29 is 18.8 Å². The van der Waals surface area contributed by atoms with E-state index in [4.69, 9.17) is 9.16 Å². The Morgan fingerprint density at radius 3 is 1.48 bits per heavy atom. The molecule has 0 aliphatic heterocycles. The summed E-state index contributed by atoms with van der Waals surface area (Å²) in [5.74, 6) is 0.790. The van der Waals surface area contributed by atoms with Gasteiger partial charge in [0.25, 0.3) is 8.32 Å². The third kappa shape index (κ3) is 11.4. The zero-order valence-corrected chi connectivity index (χ0v) is 19.9. The van der Waals surface area contributed by atoms with Crippen LogP contribution in [-0.4, -0.2) is 26.4 Å². The fourth-order valence-corrected chi connectivity index (χ4v) is 7.75. The summed E-state index contributed by atoms with van der Waals surface area (Å²) < 4.78 is 11.4. The predicted octanol–water partition coefficient (Wildman–Crippen LogP) is 6.12. The summed E-state index contributed by atoms with van der Waals surface area (Å²) >= 11 is 0. The molecule has 0 spiro atoms. The minimum absolute atomic E-state index is 0.289. The van der Waals surface area contributed by atoms with Crippen molar-refractivity contribution in [1.82, 2.24) is 0 Å². The van der Waals surface area contributed by atoms with Gasteiger partial charge in [-0.1, -0.05) is 67.4 Å². The van der Waals surface area contributed by atoms with Crippen LogP contribution < -0.4 is 0 Å². The molecule has 0 aromatic carbocycles. The van der Waals surface area contributed by atoms with Crippen molar-refractivity contribution in [2.24, 2.45) is 17.8 Å². The highest BCUT2D eigenvalue weighted by Gasteiger charge is 2.39. The first-order valence-electron chi connectivity index (χ1n) is 10.5. The normalized spacial score (nSPS) is 13.1. The SMILES string of the molecule is C=C(C)C(=O)OC(C)C(=O)O[Si](CCC(C)C)(CCC(C)C)CCC(C)C. The summed E-state index contributed by atoms with van der Waals surface area (Å²) in [5.41, 5.74) is 0.289. The summed E-state index contributed by atoms with van der Waals surface area (Å²) in [6.07, 6.45) is 2.30. The van der Waals surface area contributed by atoms with Crippen molar-refractivity contribution in [1.29, 1.82) is 0 Å². The molecular weight excluding hydrogens is 356 g/mol. The Balaban J connectivity index is 5.37. The standard InChI is InChI=1S/C22H42O4Si/c1-16(2)10-13-27(14-11-17(3)4,15-12-18(5)6)26-22(24)20(9)25-21(23)19(7)8/h16-18,20H,7,10-15H2,1-6,8-9H3. The molecular formula is C22H42O4Si. The number of hydrogen-bond acceptors (Lipinski definition) is 4. The van der Waals surface area contributed by atoms with Crippen LogP contribution in [0.15, 0.2) is 12.2 Å². The molecule has 0 saturated carbocycles. The van der Waals surface area contributed by atoms with Crippen LogP contribution >= 0.6 is 0 Å². The Bertz CT molecular complexity index is 451. The molecule has 0 rings (SSSR count). The van der Waals surface area contributed by atoms with Gasteiger partial charge in [-0.2, -0.15) is 0 Å². The molecule has 0 N–H and O–H groups in total. The Hall–Kier alpha value is -1.10. The molecule has 0 radical (unpaired) electrons. The van der Waals surface area contributed by atoms with Gasteiger partial charge >= 0.3 is 11.9 Å². The van der Waals surface area contributed by atoms with E-state index < -0.39 is 26.4 Å². The van der Waals surface area contributed by atoms with Crippen LogP contribution in [0.2, 0.25) is 18.1 Å². The van der Waals surface area contributed by atoms with Crippen LogP contribution in [0.5, 0.6) is 0 Å². The average molecular weight is 399 g/mol. The largest absolute Gasteiger partial charge is 0.516 e. The third-order valence-electron chi connectivity index (χ3n) is 4.81. The fourth-order valence-electron chi connectivity index (χ4n) is 2.79. The highest BCUT2D eigenvalue weighted by molar-refractivity contribution is 6.75. The molecule has 27 heavy (non-hydrogen) atoms. The van der Waals surface area contributed by atoms with Gasteiger partial charge in [0.15, 0.2) is 6.10 Å². The molecule has 0 fully saturated rings. The van der Waals surface area contributed by atoms with Gasteiger partial charge in [0.05, 0.1) is 0 Å². The monoisotopic (exact) mass is 398 g/mol. The predicted molar refractivity (Wildman–Crippen MR) is 115 cm³/mol. The Morgan fingerprint density at radius 1 is 0.815 bits per heavy atom. The van der Waals surface area contributed by atoms with E-state index >= 15 is 0 Å². The molecule has 5 heteroatoms. The summed E-state index contributed by atoms with van der Waals surface area (Å²) in [6, 6.07) is 2.95. The van der Waals surface area contributed by atoms with E-state index in [2.05, 4.69) is 48.1 Å². The van der Waals surface area contributed by atoms with Gasteiger partial charge in [0.1, 0.15) is 0 Å². The number of ether oxygens (including phenoxy) is 1. The Kier molecular flexibility index (Phi) is 11.9. The topological polar surface area (TPSA) is 52.6 Å². The zero-order chi connectivity index (χ0) is 21.2. The number of carbonyl (C=O) groups excluding carboxylic acids is 2. The second-order valence-corrected chi connectivity index (χ2v) is 13.3. The van der Waals surface area contributed by atoms with E-state index in [0.29, 0.717) is 17.8 Å². The van der Waals surface area contributed by atoms with E-state index in [1.165, 1.54) is 0 Å². The molecule has 0 saturated heterocycles. The van der Waals surface area contributed by atoms with Crippen LogP contribution in [-0.2, 0) is 18.8 Å². The highest BCUT2D eigenvalue weighted by atomic mass is 28.4. The van der Waals surface area contributed by atoms with Crippen LogP contribution in [0.3, 0.4) is 0 Å². The first kappa shape index (κ1) is 25.9. The maximum absolute atomic E-state index is 12.8. The van der Waals surface area contributed by atoms with E-state index in [1.54, 1.807) is 13.8 Å². The molecule has 0 bridgehead atoms. The summed E-state index contributed by atoms with van der Waals surface area (Å²) in [5, 5.41) is 0. The van der Waals surface area contributed by atoms with Crippen molar-refractivity contribution in [3.63, 3.8) is 0 Å². The molecule has 4 nitrogen and oxygen atoms in total. The van der Waals surface area contributed by atoms with Gasteiger partial charge in [0.2, 0.25) is 0 Å². The van der Waals surface area contributed by atoms with Gasteiger partial charge in [0, 0.05) is 5.57 Å². The average Bonchev–Trinajstić information content (AvgIpc) is 2.55. The van der Waals surface area contributed by atoms with E-state index in [-0.39, 0.29) is 5.57 Å². The minimum atomic E-state index is -2.25. The van der Waals surface area contributed by atoms with Crippen molar-refractivity contribution in [2.45, 2.75) is 98.9 Å². The van der Waals surface area contributed by atoms with Gasteiger partial charge in [-0.25, -0.2) is 9.59 Å². The fraction of sp³-hybridized carbons (Fsp3) is 0.818. The molecule has 0 aromatic rings. The maximum Gasteiger partial charge on any atom is 0.333 e. The van der Waals surface area contributed by atoms with Crippen LogP contribution in [0.4, 0.5) is 0 Å². The lowest BCUT2D eigenvalue weighted by Gasteiger charge is -2.34. The lowest BCUT2D eigenvalue weighted by atomic mass is 10.2. The lowest BCUT2D eigenvalue weighted by molar-refractivity contribution is -0.158. The molecule has 1 unspecified atom stereocenters. The molecule has 0 aromatic heterocycles. The van der Waals surface area contributed by atoms with E-state index in [9.17, 15) is 9.59 Å². The van der Waals surface area contributed by atoms with E-state index in [0.717, 1.165) is 37.4 Å². The van der Waals surface area contributed by atoms with E-state index in [1.807, 2.05) is 0 Å². The molecule has 0 aliphatic rings. The molecule has 0 aliphatic carbocycles. The van der Waals surface area contributed by atoms with Gasteiger partial charge < -0.3 is 9.16 Å². The number of esters is 1. The third-order valence-corrected chi connectivity index (χ3v) is 9.05.